The molecule has 2 aromatic carbocycles. The smallest absolute Gasteiger partial charge is 0.130 e. The van der Waals surface area contributed by atoms with Crippen LogP contribution in [0, 0.1) is 6.92 Å². The average molecular weight is 275 g/mol. The minimum Gasteiger partial charge on any atom is -0.457 e. The van der Waals surface area contributed by atoms with Crippen molar-refractivity contribution in [1.29, 1.82) is 0 Å². The maximum absolute atomic E-state index is 5.98. The molecule has 0 aromatic heterocycles. The van der Waals surface area contributed by atoms with Crippen LogP contribution in [0.4, 0.5) is 0 Å². The predicted octanol–water partition coefficient (Wildman–Crippen LogP) is 5.65. The minimum atomic E-state index is 0.497. The fraction of sp³-hybridized carbons (Fsp3) is 0.294. The Hall–Kier alpha value is -1.47. The normalized spacial score (nSPS) is 10.8. The highest BCUT2D eigenvalue weighted by atomic mass is 35.5. The summed E-state index contributed by atoms with van der Waals surface area (Å²) in [5.74, 6) is 2.75. The predicted molar refractivity (Wildman–Crippen MR) is 81.3 cm³/mol. The van der Waals surface area contributed by atoms with Gasteiger partial charge in [-0.2, -0.15) is 0 Å². The molecule has 0 amide bonds. The number of benzene rings is 2. The molecule has 0 N–H and O–H groups in total. The molecule has 0 spiro atoms. The zero-order chi connectivity index (χ0) is 13.8. The van der Waals surface area contributed by atoms with Crippen LogP contribution in [-0.4, -0.2) is 0 Å². The van der Waals surface area contributed by atoms with Gasteiger partial charge in [0.2, 0.25) is 0 Å². The van der Waals surface area contributed by atoms with Gasteiger partial charge in [0.05, 0.1) is 0 Å². The third-order valence-electron chi connectivity index (χ3n) is 3.16. The maximum atomic E-state index is 5.98. The van der Waals surface area contributed by atoms with Gasteiger partial charge in [0.15, 0.2) is 0 Å². The van der Waals surface area contributed by atoms with E-state index in [9.17, 15) is 0 Å². The van der Waals surface area contributed by atoms with Crippen molar-refractivity contribution < 1.29 is 4.74 Å². The minimum absolute atomic E-state index is 0.497. The molecule has 0 unspecified atom stereocenters. The van der Waals surface area contributed by atoms with Gasteiger partial charge in [-0.25, -0.2) is 0 Å². The molecule has 0 radical (unpaired) electrons. The van der Waals surface area contributed by atoms with Crippen molar-refractivity contribution in [2.45, 2.75) is 32.6 Å². The summed E-state index contributed by atoms with van der Waals surface area (Å²) in [6.07, 6.45) is 0. The lowest BCUT2D eigenvalue weighted by Crippen LogP contribution is -1.93. The summed E-state index contributed by atoms with van der Waals surface area (Å²) in [4.78, 5) is 0. The van der Waals surface area contributed by atoms with Crippen molar-refractivity contribution in [2.75, 3.05) is 0 Å². The number of aryl methyl sites for hydroxylation is 1. The zero-order valence-corrected chi connectivity index (χ0v) is 12.4. The SMILES string of the molecule is Cc1ccc(C(C)C)cc1Oc1cccc(CCl)c1. The topological polar surface area (TPSA) is 9.23 Å². The number of alkyl halides is 1. The van der Waals surface area contributed by atoms with Crippen molar-refractivity contribution >= 4 is 11.6 Å². The summed E-state index contributed by atoms with van der Waals surface area (Å²) in [7, 11) is 0. The number of rotatable bonds is 4. The molecule has 0 saturated heterocycles. The Balaban J connectivity index is 2.29. The van der Waals surface area contributed by atoms with Crippen LogP contribution in [0.3, 0.4) is 0 Å². The van der Waals surface area contributed by atoms with E-state index in [1.807, 2.05) is 24.3 Å². The summed E-state index contributed by atoms with van der Waals surface area (Å²) in [6.45, 7) is 6.43. The quantitative estimate of drug-likeness (QED) is 0.655. The lowest BCUT2D eigenvalue weighted by atomic mass is 10.0. The molecule has 2 heteroatoms. The largest absolute Gasteiger partial charge is 0.457 e. The lowest BCUT2D eigenvalue weighted by molar-refractivity contribution is 0.477. The van der Waals surface area contributed by atoms with E-state index in [1.54, 1.807) is 0 Å². The second-order valence-electron chi connectivity index (χ2n) is 5.06. The van der Waals surface area contributed by atoms with E-state index in [1.165, 1.54) is 5.56 Å². The van der Waals surface area contributed by atoms with Crippen LogP contribution in [0.2, 0.25) is 0 Å². The lowest BCUT2D eigenvalue weighted by Gasteiger charge is -2.13. The van der Waals surface area contributed by atoms with E-state index < -0.39 is 0 Å². The average Bonchev–Trinajstić information content (AvgIpc) is 2.41. The molecule has 0 atom stereocenters. The Bertz CT molecular complexity index is 561. The van der Waals surface area contributed by atoms with Gasteiger partial charge < -0.3 is 4.74 Å². The first-order chi connectivity index (χ1) is 9.10. The summed E-state index contributed by atoms with van der Waals surface area (Å²) in [5, 5.41) is 0. The van der Waals surface area contributed by atoms with Crippen molar-refractivity contribution in [2.24, 2.45) is 0 Å². The highest BCUT2D eigenvalue weighted by Crippen LogP contribution is 2.29. The molecule has 0 bridgehead atoms. The van der Waals surface area contributed by atoms with E-state index in [2.05, 4.69) is 39.0 Å². The molecule has 2 rings (SSSR count). The van der Waals surface area contributed by atoms with Gasteiger partial charge in [-0.3, -0.25) is 0 Å². The van der Waals surface area contributed by atoms with Crippen LogP contribution in [0.5, 0.6) is 11.5 Å². The van der Waals surface area contributed by atoms with Crippen molar-refractivity contribution in [3.05, 3.63) is 59.2 Å². The Labute approximate surface area is 120 Å². The first-order valence-corrected chi connectivity index (χ1v) is 7.07. The molecule has 0 saturated carbocycles. The van der Waals surface area contributed by atoms with Gasteiger partial charge in [0, 0.05) is 5.88 Å². The number of ether oxygens (including phenoxy) is 1. The maximum Gasteiger partial charge on any atom is 0.130 e. The van der Waals surface area contributed by atoms with Crippen LogP contribution < -0.4 is 4.74 Å². The Kier molecular flexibility index (Phi) is 4.49. The number of halogens is 1. The van der Waals surface area contributed by atoms with Crippen LogP contribution >= 0.6 is 11.6 Å². The molecule has 0 aliphatic heterocycles. The molecule has 0 heterocycles. The number of hydrogen-bond donors (Lipinski definition) is 0. The molecule has 19 heavy (non-hydrogen) atoms. The van der Waals surface area contributed by atoms with Crippen LogP contribution in [-0.2, 0) is 5.88 Å². The summed E-state index contributed by atoms with van der Waals surface area (Å²) < 4.78 is 5.98. The highest BCUT2D eigenvalue weighted by Gasteiger charge is 2.06. The van der Waals surface area contributed by atoms with E-state index >= 15 is 0 Å². The van der Waals surface area contributed by atoms with Gasteiger partial charge in [0.1, 0.15) is 11.5 Å². The third kappa shape index (κ3) is 3.51. The van der Waals surface area contributed by atoms with Crippen molar-refractivity contribution in [1.82, 2.24) is 0 Å². The van der Waals surface area contributed by atoms with Gasteiger partial charge in [-0.15, -0.1) is 11.6 Å². The third-order valence-corrected chi connectivity index (χ3v) is 3.47. The highest BCUT2D eigenvalue weighted by molar-refractivity contribution is 6.17. The number of hydrogen-bond acceptors (Lipinski definition) is 1. The first-order valence-electron chi connectivity index (χ1n) is 6.53. The van der Waals surface area contributed by atoms with Crippen molar-refractivity contribution in [3.63, 3.8) is 0 Å². The Morgan fingerprint density at radius 2 is 1.89 bits per heavy atom. The van der Waals surface area contributed by atoms with Crippen LogP contribution in [0.25, 0.3) is 0 Å². The molecule has 0 aliphatic carbocycles. The fourth-order valence-electron chi connectivity index (χ4n) is 1.90. The molecule has 2 aromatic rings. The Morgan fingerprint density at radius 1 is 1.11 bits per heavy atom. The second kappa shape index (κ2) is 6.12. The summed E-state index contributed by atoms with van der Waals surface area (Å²) in [6, 6.07) is 14.3. The fourth-order valence-corrected chi connectivity index (χ4v) is 2.07. The molecular weight excluding hydrogens is 256 g/mol. The van der Waals surface area contributed by atoms with Gasteiger partial charge in [-0.1, -0.05) is 38.1 Å². The van der Waals surface area contributed by atoms with E-state index in [4.69, 9.17) is 16.3 Å². The summed E-state index contributed by atoms with van der Waals surface area (Å²) in [5.41, 5.74) is 3.49. The molecule has 0 aliphatic rings. The molecule has 0 fully saturated rings. The van der Waals surface area contributed by atoms with Crippen LogP contribution in [0.15, 0.2) is 42.5 Å². The van der Waals surface area contributed by atoms with Gasteiger partial charge >= 0.3 is 0 Å². The molecule has 100 valence electrons. The Morgan fingerprint density at radius 3 is 2.58 bits per heavy atom. The first kappa shape index (κ1) is 14.0. The van der Waals surface area contributed by atoms with E-state index in [-0.39, 0.29) is 0 Å². The van der Waals surface area contributed by atoms with Crippen molar-refractivity contribution in [3.8, 4) is 11.5 Å². The molecule has 1 nitrogen and oxygen atoms in total. The monoisotopic (exact) mass is 274 g/mol. The van der Waals surface area contributed by atoms with E-state index in [0.29, 0.717) is 11.8 Å². The molecular formula is C17H19ClO. The van der Waals surface area contributed by atoms with Gasteiger partial charge in [-0.05, 0) is 47.7 Å². The summed E-state index contributed by atoms with van der Waals surface area (Å²) >= 11 is 5.84. The van der Waals surface area contributed by atoms with E-state index in [0.717, 1.165) is 22.6 Å². The zero-order valence-electron chi connectivity index (χ0n) is 11.6. The van der Waals surface area contributed by atoms with Gasteiger partial charge in [0.25, 0.3) is 0 Å². The van der Waals surface area contributed by atoms with Crippen LogP contribution in [0.1, 0.15) is 36.5 Å². The second-order valence-corrected chi connectivity index (χ2v) is 5.33. The standard InChI is InChI=1S/C17H19ClO/c1-12(2)15-8-7-13(3)17(10-15)19-16-6-4-5-14(9-16)11-18/h4-10,12H,11H2,1-3H3.